The Labute approximate surface area is 155 Å². The van der Waals surface area contributed by atoms with E-state index in [1.54, 1.807) is 0 Å². The van der Waals surface area contributed by atoms with Crippen LogP contribution in [0.5, 0.6) is 0 Å². The van der Waals surface area contributed by atoms with Crippen molar-refractivity contribution in [2.24, 2.45) is 0 Å². The first-order chi connectivity index (χ1) is 12.2. The van der Waals surface area contributed by atoms with Crippen LogP contribution in [0.1, 0.15) is 116 Å². The van der Waals surface area contributed by atoms with Crippen LogP contribution in [0, 0.1) is 0 Å². The summed E-state index contributed by atoms with van der Waals surface area (Å²) in [4.78, 5) is 22.1. The summed E-state index contributed by atoms with van der Waals surface area (Å²) in [7, 11) is 0. The lowest BCUT2D eigenvalue weighted by molar-refractivity contribution is -0.156. The van der Waals surface area contributed by atoms with Gasteiger partial charge in [0.15, 0.2) is 0 Å². The van der Waals surface area contributed by atoms with E-state index < -0.39 is 11.9 Å². The van der Waals surface area contributed by atoms with Crippen LogP contribution in [-0.4, -0.2) is 11.9 Å². The van der Waals surface area contributed by atoms with Crippen LogP contribution in [0.25, 0.3) is 0 Å². The Hall–Kier alpha value is -1.12. The number of ether oxygens (including phenoxy) is 1. The minimum atomic E-state index is -0.651. The fourth-order valence-corrected chi connectivity index (χ4v) is 3.02. The number of unbranched alkanes of at least 4 members (excludes halogenated alkanes) is 15. The third kappa shape index (κ3) is 19.1. The maximum absolute atomic E-state index is 11.3. The highest BCUT2D eigenvalue weighted by molar-refractivity contribution is 5.91. The number of hydrogen-bond donors (Lipinski definition) is 0. The summed E-state index contributed by atoms with van der Waals surface area (Å²) in [5.74, 6) is -1.09. The molecule has 146 valence electrons. The van der Waals surface area contributed by atoms with Crippen molar-refractivity contribution in [2.75, 3.05) is 0 Å². The van der Waals surface area contributed by atoms with E-state index in [2.05, 4.69) is 18.2 Å². The normalized spacial score (nSPS) is 10.6. The van der Waals surface area contributed by atoms with Gasteiger partial charge in [-0.3, -0.25) is 4.79 Å². The Kier molecular flexibility index (Phi) is 18.3. The van der Waals surface area contributed by atoms with Gasteiger partial charge >= 0.3 is 11.9 Å². The predicted octanol–water partition coefficient (Wildman–Crippen LogP) is 6.89. The number of hydrogen-bond acceptors (Lipinski definition) is 3. The third-order valence-electron chi connectivity index (χ3n) is 4.62. The van der Waals surface area contributed by atoms with E-state index in [1.807, 2.05) is 0 Å². The molecule has 0 saturated carbocycles. The number of esters is 2. The van der Waals surface area contributed by atoms with Crippen molar-refractivity contribution in [3.05, 3.63) is 12.7 Å². The summed E-state index contributed by atoms with van der Waals surface area (Å²) < 4.78 is 4.53. The molecule has 0 atom stereocenters. The van der Waals surface area contributed by atoms with E-state index in [9.17, 15) is 9.59 Å². The first-order valence-corrected chi connectivity index (χ1v) is 10.6. The molecule has 25 heavy (non-hydrogen) atoms. The molecule has 0 aromatic rings. The van der Waals surface area contributed by atoms with Crippen LogP contribution in [-0.2, 0) is 14.3 Å². The molecular formula is C22H40O3. The molecule has 0 heterocycles. The van der Waals surface area contributed by atoms with Gasteiger partial charge in [0.2, 0.25) is 0 Å². The van der Waals surface area contributed by atoms with E-state index in [4.69, 9.17) is 0 Å². The molecule has 0 rings (SSSR count). The van der Waals surface area contributed by atoms with Gasteiger partial charge in [0.25, 0.3) is 0 Å². The fraction of sp³-hybridized carbons (Fsp3) is 0.818. The average Bonchev–Trinajstić information content (AvgIpc) is 2.61. The molecule has 0 aromatic heterocycles. The van der Waals surface area contributed by atoms with Gasteiger partial charge in [-0.25, -0.2) is 4.79 Å². The highest BCUT2D eigenvalue weighted by Gasteiger charge is 2.06. The van der Waals surface area contributed by atoms with Gasteiger partial charge in [-0.1, -0.05) is 110 Å². The van der Waals surface area contributed by atoms with Crippen molar-refractivity contribution in [1.82, 2.24) is 0 Å². The maximum atomic E-state index is 11.3. The third-order valence-corrected chi connectivity index (χ3v) is 4.62. The Morgan fingerprint density at radius 3 is 1.40 bits per heavy atom. The van der Waals surface area contributed by atoms with Crippen LogP contribution >= 0.6 is 0 Å². The molecule has 0 aliphatic carbocycles. The highest BCUT2D eigenvalue weighted by atomic mass is 16.6. The molecule has 0 radical (unpaired) electrons. The van der Waals surface area contributed by atoms with E-state index in [0.29, 0.717) is 6.42 Å². The quantitative estimate of drug-likeness (QED) is 0.117. The lowest BCUT2D eigenvalue weighted by atomic mass is 10.0. The highest BCUT2D eigenvalue weighted by Crippen LogP contribution is 2.14. The lowest BCUT2D eigenvalue weighted by Crippen LogP contribution is -2.09. The van der Waals surface area contributed by atoms with Gasteiger partial charge < -0.3 is 4.74 Å². The first kappa shape index (κ1) is 23.9. The summed E-state index contributed by atoms with van der Waals surface area (Å²) in [5, 5.41) is 0. The fourth-order valence-electron chi connectivity index (χ4n) is 3.02. The monoisotopic (exact) mass is 352 g/mol. The largest absolute Gasteiger partial charge is 0.390 e. The summed E-state index contributed by atoms with van der Waals surface area (Å²) in [6.07, 6.45) is 22.3. The molecule has 0 unspecified atom stereocenters. The van der Waals surface area contributed by atoms with Crippen LogP contribution in [0.15, 0.2) is 12.7 Å². The zero-order valence-electron chi connectivity index (χ0n) is 16.5. The van der Waals surface area contributed by atoms with Crippen molar-refractivity contribution in [2.45, 2.75) is 116 Å². The molecule has 0 amide bonds. The van der Waals surface area contributed by atoms with Gasteiger partial charge in [0.05, 0.1) is 0 Å². The van der Waals surface area contributed by atoms with Crippen molar-refractivity contribution in [3.63, 3.8) is 0 Å². The van der Waals surface area contributed by atoms with Crippen molar-refractivity contribution >= 4 is 11.9 Å². The molecule has 0 saturated heterocycles. The van der Waals surface area contributed by atoms with E-state index >= 15 is 0 Å². The molecule has 0 aromatic carbocycles. The first-order valence-electron chi connectivity index (χ1n) is 10.6. The molecule has 0 bridgehead atoms. The van der Waals surface area contributed by atoms with Gasteiger partial charge in [-0.15, -0.1) is 0 Å². The minimum Gasteiger partial charge on any atom is -0.390 e. The van der Waals surface area contributed by atoms with Gasteiger partial charge in [-0.05, 0) is 6.42 Å². The molecule has 0 aliphatic rings. The van der Waals surface area contributed by atoms with Gasteiger partial charge in [0.1, 0.15) is 0 Å². The molecule has 3 heteroatoms. The molecule has 0 N–H and O–H groups in total. The Balaban J connectivity index is 3.13. The second-order valence-electron chi connectivity index (χ2n) is 7.05. The zero-order valence-corrected chi connectivity index (χ0v) is 16.5. The second-order valence-corrected chi connectivity index (χ2v) is 7.05. The Bertz CT molecular complexity index is 336. The number of rotatable bonds is 18. The minimum absolute atomic E-state index is 0.331. The summed E-state index contributed by atoms with van der Waals surface area (Å²) in [6.45, 7) is 5.53. The average molecular weight is 353 g/mol. The second kappa shape index (κ2) is 19.2. The summed E-state index contributed by atoms with van der Waals surface area (Å²) in [5.41, 5.74) is 0. The van der Waals surface area contributed by atoms with Crippen LogP contribution in [0.3, 0.4) is 0 Å². The van der Waals surface area contributed by atoms with Gasteiger partial charge in [-0.2, -0.15) is 0 Å². The van der Waals surface area contributed by atoms with Gasteiger partial charge in [0, 0.05) is 12.5 Å². The van der Waals surface area contributed by atoms with E-state index in [0.717, 1.165) is 18.9 Å². The van der Waals surface area contributed by atoms with Crippen LogP contribution in [0.2, 0.25) is 0 Å². The number of carbonyl (C=O) groups is 2. The van der Waals surface area contributed by atoms with Crippen molar-refractivity contribution in [3.8, 4) is 0 Å². The molecule has 0 spiro atoms. The SMILES string of the molecule is C=CC(=O)OC(=O)CCCCCCCCCCCCCCCCCC. The molecule has 3 nitrogen and oxygen atoms in total. The van der Waals surface area contributed by atoms with E-state index in [1.165, 1.54) is 89.9 Å². The van der Waals surface area contributed by atoms with Crippen LogP contribution < -0.4 is 0 Å². The smallest absolute Gasteiger partial charge is 0.337 e. The van der Waals surface area contributed by atoms with Crippen molar-refractivity contribution < 1.29 is 14.3 Å². The predicted molar refractivity (Wildman–Crippen MR) is 105 cm³/mol. The summed E-state index contributed by atoms with van der Waals surface area (Å²) >= 11 is 0. The van der Waals surface area contributed by atoms with Crippen LogP contribution in [0.4, 0.5) is 0 Å². The maximum Gasteiger partial charge on any atom is 0.337 e. The molecule has 0 fully saturated rings. The topological polar surface area (TPSA) is 43.4 Å². The van der Waals surface area contributed by atoms with E-state index in [-0.39, 0.29) is 0 Å². The zero-order chi connectivity index (χ0) is 18.6. The molecule has 0 aliphatic heterocycles. The standard InChI is InChI=1S/C22H40O3/c1-3-5-6-7-8-9-10-11-12-13-14-15-16-17-18-19-20-22(24)25-21(23)4-2/h4H,2-3,5-20H2,1H3. The Morgan fingerprint density at radius 1 is 0.680 bits per heavy atom. The van der Waals surface area contributed by atoms with Crippen molar-refractivity contribution in [1.29, 1.82) is 0 Å². The summed E-state index contributed by atoms with van der Waals surface area (Å²) in [6, 6.07) is 0. The molecular weight excluding hydrogens is 312 g/mol. The lowest BCUT2D eigenvalue weighted by Gasteiger charge is -2.03. The number of carbonyl (C=O) groups excluding carboxylic acids is 2. The Morgan fingerprint density at radius 2 is 1.04 bits per heavy atom.